The average molecular weight is 559 g/mol. The SMILES string of the molecule is CCCCC/C=C\C/C=C\CCCCCCCCC(CCCCCCCCCC)CO/C=C/C(C)(C)CC(C)C. The molecule has 0 radical (unpaired) electrons. The maximum absolute atomic E-state index is 6.12. The molecule has 1 atom stereocenters. The molecule has 0 saturated carbocycles. The molecule has 0 N–H and O–H groups in total. The van der Waals surface area contributed by atoms with Crippen LogP contribution in [0.5, 0.6) is 0 Å². The highest BCUT2D eigenvalue weighted by Crippen LogP contribution is 2.27. The van der Waals surface area contributed by atoms with Crippen molar-refractivity contribution in [1.82, 2.24) is 0 Å². The molecule has 0 rings (SSSR count). The quantitative estimate of drug-likeness (QED) is 0.0484. The first-order valence-corrected chi connectivity index (χ1v) is 18.0. The van der Waals surface area contributed by atoms with Crippen molar-refractivity contribution in [1.29, 1.82) is 0 Å². The maximum atomic E-state index is 6.12. The summed E-state index contributed by atoms with van der Waals surface area (Å²) in [7, 11) is 0. The molecule has 1 nitrogen and oxygen atoms in total. The van der Waals surface area contributed by atoms with Gasteiger partial charge < -0.3 is 4.74 Å². The second kappa shape index (κ2) is 29.5. The summed E-state index contributed by atoms with van der Waals surface area (Å²) in [5.41, 5.74) is 0.224. The van der Waals surface area contributed by atoms with Gasteiger partial charge in [0.25, 0.3) is 0 Å². The van der Waals surface area contributed by atoms with Crippen LogP contribution in [-0.2, 0) is 4.74 Å². The summed E-state index contributed by atoms with van der Waals surface area (Å²) in [5.74, 6) is 1.45. The molecule has 0 spiro atoms. The summed E-state index contributed by atoms with van der Waals surface area (Å²) in [5, 5.41) is 0. The molecule has 0 amide bonds. The molecule has 0 bridgehead atoms. The molecular formula is C39H74O. The summed E-state index contributed by atoms with van der Waals surface area (Å²) < 4.78 is 6.12. The van der Waals surface area contributed by atoms with Crippen LogP contribution < -0.4 is 0 Å². The van der Waals surface area contributed by atoms with E-state index in [9.17, 15) is 0 Å². The lowest BCUT2D eigenvalue weighted by molar-refractivity contribution is 0.173. The van der Waals surface area contributed by atoms with Crippen LogP contribution in [0, 0.1) is 17.3 Å². The van der Waals surface area contributed by atoms with Crippen molar-refractivity contribution in [2.75, 3.05) is 6.61 Å². The zero-order valence-electron chi connectivity index (χ0n) is 28.5. The molecule has 0 aromatic carbocycles. The van der Waals surface area contributed by atoms with Gasteiger partial charge in [0, 0.05) is 0 Å². The minimum absolute atomic E-state index is 0.224. The molecule has 1 heteroatoms. The highest BCUT2D eigenvalue weighted by atomic mass is 16.5. The minimum Gasteiger partial charge on any atom is -0.501 e. The Morgan fingerprint density at radius 3 is 1.55 bits per heavy atom. The fourth-order valence-corrected chi connectivity index (χ4v) is 5.84. The predicted molar refractivity (Wildman–Crippen MR) is 183 cm³/mol. The van der Waals surface area contributed by atoms with Crippen molar-refractivity contribution in [3.05, 3.63) is 36.6 Å². The van der Waals surface area contributed by atoms with Gasteiger partial charge in [-0.3, -0.25) is 0 Å². The van der Waals surface area contributed by atoms with Gasteiger partial charge in [0.1, 0.15) is 0 Å². The van der Waals surface area contributed by atoms with Crippen molar-refractivity contribution in [3.63, 3.8) is 0 Å². The van der Waals surface area contributed by atoms with E-state index in [0.29, 0.717) is 0 Å². The van der Waals surface area contributed by atoms with Crippen molar-refractivity contribution in [2.24, 2.45) is 17.3 Å². The van der Waals surface area contributed by atoms with E-state index in [1.54, 1.807) is 0 Å². The number of unbranched alkanes of at least 4 members (excludes halogenated alkanes) is 16. The van der Waals surface area contributed by atoms with E-state index >= 15 is 0 Å². The van der Waals surface area contributed by atoms with Gasteiger partial charge in [0.2, 0.25) is 0 Å². The van der Waals surface area contributed by atoms with E-state index in [0.717, 1.165) is 24.9 Å². The van der Waals surface area contributed by atoms with Crippen molar-refractivity contribution < 1.29 is 4.74 Å². The molecule has 40 heavy (non-hydrogen) atoms. The lowest BCUT2D eigenvalue weighted by Gasteiger charge is -2.22. The number of hydrogen-bond donors (Lipinski definition) is 0. The second-order valence-electron chi connectivity index (χ2n) is 13.7. The van der Waals surface area contributed by atoms with Crippen LogP contribution in [0.25, 0.3) is 0 Å². The fourth-order valence-electron chi connectivity index (χ4n) is 5.84. The second-order valence-corrected chi connectivity index (χ2v) is 13.7. The number of hydrogen-bond acceptors (Lipinski definition) is 1. The van der Waals surface area contributed by atoms with Crippen molar-refractivity contribution in [3.8, 4) is 0 Å². The van der Waals surface area contributed by atoms with Gasteiger partial charge in [-0.15, -0.1) is 0 Å². The Hall–Kier alpha value is -0.980. The molecule has 0 aromatic heterocycles. The van der Waals surface area contributed by atoms with Crippen LogP contribution in [0.1, 0.15) is 189 Å². The van der Waals surface area contributed by atoms with E-state index < -0.39 is 0 Å². The molecule has 0 aliphatic carbocycles. The highest BCUT2D eigenvalue weighted by Gasteiger charge is 2.16. The van der Waals surface area contributed by atoms with Crippen LogP contribution in [-0.4, -0.2) is 6.61 Å². The Kier molecular flexibility index (Phi) is 28.8. The number of allylic oxidation sites excluding steroid dienone is 5. The van der Waals surface area contributed by atoms with E-state index in [-0.39, 0.29) is 5.41 Å². The Balaban J connectivity index is 4.09. The van der Waals surface area contributed by atoms with Crippen LogP contribution in [0.2, 0.25) is 0 Å². The van der Waals surface area contributed by atoms with Gasteiger partial charge >= 0.3 is 0 Å². The average Bonchev–Trinajstić information content (AvgIpc) is 2.91. The first-order chi connectivity index (χ1) is 19.4. The first-order valence-electron chi connectivity index (χ1n) is 18.0. The zero-order valence-corrected chi connectivity index (χ0v) is 28.5. The normalized spacial score (nSPS) is 13.5. The number of rotatable bonds is 30. The van der Waals surface area contributed by atoms with Crippen molar-refractivity contribution in [2.45, 2.75) is 189 Å². The third kappa shape index (κ3) is 30.0. The van der Waals surface area contributed by atoms with E-state index in [1.807, 2.05) is 6.26 Å². The van der Waals surface area contributed by atoms with E-state index in [2.05, 4.69) is 71.9 Å². The molecule has 0 aromatic rings. The zero-order chi connectivity index (χ0) is 29.6. The predicted octanol–water partition coefficient (Wildman–Crippen LogP) is 13.9. The van der Waals surface area contributed by atoms with Crippen LogP contribution in [0.3, 0.4) is 0 Å². The standard InChI is InChI=1S/C39H74O/c1-7-9-11-13-15-17-18-19-20-21-22-23-24-26-28-30-32-38(31-29-27-25-16-14-12-10-8-2)36-40-34-33-39(5,6)35-37(3)4/h15,17,19-20,33-34,37-38H,7-14,16,18,21-32,35-36H2,1-6H3/b17-15-,20-19-,34-33+. The lowest BCUT2D eigenvalue weighted by atomic mass is 9.84. The van der Waals surface area contributed by atoms with Crippen LogP contribution in [0.15, 0.2) is 36.6 Å². The van der Waals surface area contributed by atoms with Gasteiger partial charge in [-0.2, -0.15) is 0 Å². The molecule has 1 unspecified atom stereocenters. The van der Waals surface area contributed by atoms with Crippen molar-refractivity contribution >= 4 is 0 Å². The number of ether oxygens (including phenoxy) is 1. The Morgan fingerprint density at radius 1 is 0.575 bits per heavy atom. The van der Waals surface area contributed by atoms with Gasteiger partial charge in [0.05, 0.1) is 12.9 Å². The van der Waals surface area contributed by atoms with Gasteiger partial charge in [0.15, 0.2) is 0 Å². The summed E-state index contributed by atoms with van der Waals surface area (Å²) in [6.07, 6.45) is 44.9. The minimum atomic E-state index is 0.224. The Bertz CT molecular complexity index is 582. The monoisotopic (exact) mass is 559 g/mol. The third-order valence-electron chi connectivity index (χ3n) is 8.16. The van der Waals surface area contributed by atoms with E-state index in [4.69, 9.17) is 4.74 Å². The van der Waals surface area contributed by atoms with E-state index in [1.165, 1.54) is 141 Å². The summed E-state index contributed by atoms with van der Waals surface area (Å²) in [6, 6.07) is 0. The third-order valence-corrected chi connectivity index (χ3v) is 8.16. The van der Waals surface area contributed by atoms with Gasteiger partial charge in [-0.1, -0.05) is 162 Å². The summed E-state index contributed by atoms with van der Waals surface area (Å²) >= 11 is 0. The molecule has 0 heterocycles. The molecule has 0 aliphatic heterocycles. The first kappa shape index (κ1) is 39.0. The molecule has 236 valence electrons. The van der Waals surface area contributed by atoms with Crippen LogP contribution >= 0.6 is 0 Å². The summed E-state index contributed by atoms with van der Waals surface area (Å²) in [6.45, 7) is 14.8. The smallest absolute Gasteiger partial charge is 0.0901 e. The highest BCUT2D eigenvalue weighted by molar-refractivity contribution is 4.93. The molecular weight excluding hydrogens is 484 g/mol. The molecule has 0 aliphatic rings. The fraction of sp³-hybridized carbons (Fsp3) is 0.846. The van der Waals surface area contributed by atoms with Gasteiger partial charge in [-0.05, 0) is 74.7 Å². The molecule has 0 saturated heterocycles. The summed E-state index contributed by atoms with van der Waals surface area (Å²) in [4.78, 5) is 0. The van der Waals surface area contributed by atoms with Crippen LogP contribution in [0.4, 0.5) is 0 Å². The molecule has 0 fully saturated rings. The Morgan fingerprint density at radius 2 is 1.02 bits per heavy atom. The largest absolute Gasteiger partial charge is 0.501 e. The van der Waals surface area contributed by atoms with Gasteiger partial charge in [-0.25, -0.2) is 0 Å². The maximum Gasteiger partial charge on any atom is 0.0901 e. The topological polar surface area (TPSA) is 9.23 Å². The lowest BCUT2D eigenvalue weighted by Crippen LogP contribution is -2.12. The Labute approximate surface area is 254 Å².